The lowest BCUT2D eigenvalue weighted by Gasteiger charge is -2.38. The summed E-state index contributed by atoms with van der Waals surface area (Å²) in [5.74, 6) is -2.46. The van der Waals surface area contributed by atoms with Crippen molar-refractivity contribution >= 4 is 17.9 Å². The summed E-state index contributed by atoms with van der Waals surface area (Å²) in [7, 11) is 0. The minimum Gasteiger partial charge on any atom is -0.479 e. The molecule has 1 fully saturated rings. The molecular weight excluding hydrogens is 789 g/mol. The first-order valence-electron chi connectivity index (χ1n) is 25.0. The molecule has 0 saturated carbocycles. The molecule has 360 valence electrons. The topological polar surface area (TPSA) is 169 Å². The third-order valence-electron chi connectivity index (χ3n) is 11.5. The van der Waals surface area contributed by atoms with Gasteiger partial charge in [0.15, 0.2) is 18.5 Å². The third kappa shape index (κ3) is 32.1. The first kappa shape index (κ1) is 57.4. The van der Waals surface area contributed by atoms with Gasteiger partial charge < -0.3 is 39.4 Å². The number of aliphatic carboxylic acids is 1. The van der Waals surface area contributed by atoms with Crippen LogP contribution in [0.15, 0.2) is 36.5 Å². The molecule has 1 aliphatic heterocycles. The summed E-state index contributed by atoms with van der Waals surface area (Å²) in [6.45, 7) is 3.79. The average Bonchev–Trinajstić information content (AvgIpc) is 3.26. The van der Waals surface area contributed by atoms with Crippen molar-refractivity contribution in [2.75, 3.05) is 13.2 Å². The van der Waals surface area contributed by atoms with E-state index in [0.29, 0.717) is 12.8 Å². The Hall–Kier alpha value is -2.57. The number of hydrogen-bond acceptors (Lipinski definition) is 10. The lowest BCUT2D eigenvalue weighted by atomic mass is 9.99. The maximum atomic E-state index is 12.8. The van der Waals surface area contributed by atoms with Crippen LogP contribution in [0.5, 0.6) is 0 Å². The molecule has 0 aromatic heterocycles. The number of carbonyl (C=O) groups excluding carboxylic acids is 2. The molecule has 0 amide bonds. The van der Waals surface area contributed by atoms with Gasteiger partial charge in [0.1, 0.15) is 24.9 Å². The van der Waals surface area contributed by atoms with E-state index < -0.39 is 61.3 Å². The van der Waals surface area contributed by atoms with Crippen molar-refractivity contribution < 1.29 is 53.8 Å². The maximum absolute atomic E-state index is 12.8. The quantitative estimate of drug-likeness (QED) is 0.0261. The molecule has 6 unspecified atom stereocenters. The first-order chi connectivity index (χ1) is 30.2. The van der Waals surface area contributed by atoms with Gasteiger partial charge in [0, 0.05) is 12.8 Å². The van der Waals surface area contributed by atoms with E-state index >= 15 is 0 Å². The summed E-state index contributed by atoms with van der Waals surface area (Å²) in [4.78, 5) is 36.9. The Morgan fingerprint density at radius 3 is 1.39 bits per heavy atom. The predicted octanol–water partition coefficient (Wildman–Crippen LogP) is 11.5. The van der Waals surface area contributed by atoms with E-state index in [-0.39, 0.29) is 19.4 Å². The molecule has 0 spiro atoms. The Morgan fingerprint density at radius 1 is 0.500 bits per heavy atom. The molecule has 11 heteroatoms. The fourth-order valence-corrected chi connectivity index (χ4v) is 7.49. The highest BCUT2D eigenvalue weighted by Gasteiger charge is 2.47. The number of carboxylic acids is 1. The van der Waals surface area contributed by atoms with Gasteiger partial charge in [-0.2, -0.15) is 0 Å². The third-order valence-corrected chi connectivity index (χ3v) is 11.5. The van der Waals surface area contributed by atoms with Crippen molar-refractivity contribution in [2.45, 2.75) is 256 Å². The van der Waals surface area contributed by atoms with Crippen molar-refractivity contribution in [3.63, 3.8) is 0 Å². The molecule has 0 radical (unpaired) electrons. The monoisotopic (exact) mass is 879 g/mol. The SMILES string of the molecule is CCCCC/C=C\C/C=C\CCCCCCCC(=O)OCC(COC1OC(C(=O)O)C(O)C(O)C1O)OC(=O)CCCCCCCCCCC/C=C\CCCCCCCCCC. The zero-order valence-electron chi connectivity index (χ0n) is 39.1. The van der Waals surface area contributed by atoms with E-state index in [1.807, 2.05) is 0 Å². The molecule has 0 aromatic carbocycles. The van der Waals surface area contributed by atoms with Gasteiger partial charge in [-0.1, -0.05) is 172 Å². The molecule has 6 atom stereocenters. The molecular formula is C51H90O11. The van der Waals surface area contributed by atoms with Crippen molar-refractivity contribution in [3.05, 3.63) is 36.5 Å². The summed E-state index contributed by atoms with van der Waals surface area (Å²) >= 11 is 0. The van der Waals surface area contributed by atoms with Crippen LogP contribution >= 0.6 is 0 Å². The highest BCUT2D eigenvalue weighted by atomic mass is 16.7. The van der Waals surface area contributed by atoms with E-state index in [1.54, 1.807) is 0 Å². The Balaban J connectivity index is 2.31. The highest BCUT2D eigenvalue weighted by molar-refractivity contribution is 5.73. The molecule has 1 aliphatic rings. The summed E-state index contributed by atoms with van der Waals surface area (Å²) in [6, 6.07) is 0. The van der Waals surface area contributed by atoms with Gasteiger partial charge in [-0.15, -0.1) is 0 Å². The molecule has 62 heavy (non-hydrogen) atoms. The number of ether oxygens (including phenoxy) is 4. The standard InChI is InChI=1S/C51H90O11/c1-3-5-7-9-11-13-15-17-19-20-21-22-23-24-26-28-30-32-34-36-38-40-45(53)61-43(42-60-51-48(56)46(54)47(55)49(62-51)50(57)58)41-59-44(52)39-37-35-33-31-29-27-25-18-16-14-12-10-8-6-4-2/h12,14,18,20-21,25,43,46-49,51,54-56H,3-11,13,15-17,19,22-24,26-42H2,1-2H3,(H,57,58)/b14-12-,21-20-,25-18-. The van der Waals surface area contributed by atoms with Gasteiger partial charge >= 0.3 is 17.9 Å². The van der Waals surface area contributed by atoms with E-state index in [4.69, 9.17) is 18.9 Å². The Bertz CT molecular complexity index is 1170. The van der Waals surface area contributed by atoms with Gasteiger partial charge in [-0.05, 0) is 70.6 Å². The van der Waals surface area contributed by atoms with Crippen LogP contribution in [0.2, 0.25) is 0 Å². The second kappa shape index (κ2) is 41.2. The average molecular weight is 879 g/mol. The Morgan fingerprint density at radius 2 is 0.903 bits per heavy atom. The first-order valence-corrected chi connectivity index (χ1v) is 25.0. The van der Waals surface area contributed by atoms with Crippen molar-refractivity contribution in [1.29, 1.82) is 0 Å². The number of aliphatic hydroxyl groups is 3. The molecule has 1 rings (SSSR count). The highest BCUT2D eigenvalue weighted by Crippen LogP contribution is 2.23. The number of carboxylic acid groups (broad SMARTS) is 1. The van der Waals surface area contributed by atoms with Gasteiger partial charge in [-0.25, -0.2) is 4.79 Å². The largest absolute Gasteiger partial charge is 0.479 e. The maximum Gasteiger partial charge on any atom is 0.335 e. The van der Waals surface area contributed by atoms with E-state index in [1.165, 1.54) is 116 Å². The summed E-state index contributed by atoms with van der Waals surface area (Å²) in [5, 5.41) is 39.9. The fourth-order valence-electron chi connectivity index (χ4n) is 7.49. The number of hydrogen-bond donors (Lipinski definition) is 4. The molecule has 1 heterocycles. The van der Waals surface area contributed by atoms with Gasteiger partial charge in [-0.3, -0.25) is 9.59 Å². The molecule has 0 bridgehead atoms. The van der Waals surface area contributed by atoms with Crippen LogP contribution in [-0.2, 0) is 33.3 Å². The minimum atomic E-state index is -1.86. The number of rotatable bonds is 42. The number of unbranched alkanes of at least 4 members (excludes halogenated alkanes) is 25. The van der Waals surface area contributed by atoms with Crippen molar-refractivity contribution in [3.8, 4) is 0 Å². The van der Waals surface area contributed by atoms with Crippen molar-refractivity contribution in [2.24, 2.45) is 0 Å². The van der Waals surface area contributed by atoms with Crippen LogP contribution < -0.4 is 0 Å². The van der Waals surface area contributed by atoms with E-state index in [9.17, 15) is 34.8 Å². The zero-order chi connectivity index (χ0) is 45.3. The number of aliphatic hydroxyl groups excluding tert-OH is 3. The molecule has 4 N–H and O–H groups in total. The fraction of sp³-hybridized carbons (Fsp3) is 0.824. The Kier molecular flexibility index (Phi) is 38.1. The van der Waals surface area contributed by atoms with Crippen LogP contribution in [0, 0.1) is 0 Å². The number of esters is 2. The van der Waals surface area contributed by atoms with Gasteiger partial charge in [0.05, 0.1) is 6.61 Å². The van der Waals surface area contributed by atoms with Gasteiger partial charge in [0.2, 0.25) is 0 Å². The van der Waals surface area contributed by atoms with Gasteiger partial charge in [0.25, 0.3) is 0 Å². The van der Waals surface area contributed by atoms with Crippen LogP contribution in [-0.4, -0.2) is 88.4 Å². The Labute approximate surface area is 376 Å². The van der Waals surface area contributed by atoms with Crippen LogP contribution in [0.4, 0.5) is 0 Å². The minimum absolute atomic E-state index is 0.178. The van der Waals surface area contributed by atoms with E-state index in [2.05, 4.69) is 50.3 Å². The number of allylic oxidation sites excluding steroid dienone is 6. The molecule has 11 nitrogen and oxygen atoms in total. The second-order valence-corrected chi connectivity index (χ2v) is 17.3. The number of carbonyl (C=O) groups is 3. The summed E-state index contributed by atoms with van der Waals surface area (Å²) in [5.41, 5.74) is 0. The lowest BCUT2D eigenvalue weighted by molar-refractivity contribution is -0.298. The predicted molar refractivity (Wildman–Crippen MR) is 248 cm³/mol. The van der Waals surface area contributed by atoms with Crippen LogP contribution in [0.3, 0.4) is 0 Å². The molecule has 0 aliphatic carbocycles. The van der Waals surface area contributed by atoms with Crippen LogP contribution in [0.1, 0.15) is 219 Å². The smallest absolute Gasteiger partial charge is 0.335 e. The van der Waals surface area contributed by atoms with E-state index in [0.717, 1.165) is 64.2 Å². The summed E-state index contributed by atoms with van der Waals surface area (Å²) < 4.78 is 21.8. The van der Waals surface area contributed by atoms with Crippen LogP contribution in [0.25, 0.3) is 0 Å². The molecule has 0 aromatic rings. The normalized spacial score (nSPS) is 19.8. The molecule has 1 saturated heterocycles. The summed E-state index contributed by atoms with van der Waals surface area (Å²) in [6.07, 6.45) is 39.1. The lowest BCUT2D eigenvalue weighted by Crippen LogP contribution is -2.60. The zero-order valence-corrected chi connectivity index (χ0v) is 39.1. The van der Waals surface area contributed by atoms with Crippen molar-refractivity contribution in [1.82, 2.24) is 0 Å². The second-order valence-electron chi connectivity index (χ2n) is 17.3.